The smallest absolute Gasteiger partial charge is 0.256 e. The first-order chi connectivity index (χ1) is 8.08. The van der Waals surface area contributed by atoms with Crippen molar-refractivity contribution in [1.82, 2.24) is 4.90 Å². The summed E-state index contributed by atoms with van der Waals surface area (Å²) in [5.74, 6) is -0.770. The molecule has 92 valence electrons. The fraction of sp³-hybridized carbons (Fsp3) is 0.417. The number of nitrogens with zero attached hydrogens (tertiary/aromatic N) is 1. The van der Waals surface area contributed by atoms with Crippen LogP contribution in [0.2, 0.25) is 0 Å². The van der Waals surface area contributed by atoms with Crippen LogP contribution < -0.4 is 0 Å². The summed E-state index contributed by atoms with van der Waals surface area (Å²) < 4.78 is 19.6. The summed E-state index contributed by atoms with van der Waals surface area (Å²) in [4.78, 5) is 13.7. The minimum absolute atomic E-state index is 0.00575. The van der Waals surface area contributed by atoms with E-state index in [4.69, 9.17) is 4.74 Å². The minimum atomic E-state index is -0.497. The lowest BCUT2D eigenvalue weighted by Crippen LogP contribution is -2.44. The fourth-order valence-electron chi connectivity index (χ4n) is 1.84. The van der Waals surface area contributed by atoms with Crippen molar-refractivity contribution in [3.63, 3.8) is 0 Å². The van der Waals surface area contributed by atoms with Gasteiger partial charge < -0.3 is 9.64 Å². The van der Waals surface area contributed by atoms with E-state index in [9.17, 15) is 9.18 Å². The van der Waals surface area contributed by atoms with Crippen molar-refractivity contribution in [3.8, 4) is 0 Å². The average Bonchev–Trinajstić information content (AvgIpc) is 2.28. The molecule has 5 heteroatoms. The molecule has 1 aliphatic heterocycles. The van der Waals surface area contributed by atoms with Crippen LogP contribution in [0, 0.1) is 5.82 Å². The molecule has 1 aromatic carbocycles. The first kappa shape index (κ1) is 12.5. The Labute approximate surface area is 108 Å². The molecule has 0 radical (unpaired) electrons. The largest absolute Gasteiger partial charge is 0.375 e. The molecule has 0 bridgehead atoms. The van der Waals surface area contributed by atoms with Gasteiger partial charge in [-0.15, -0.1) is 0 Å². The van der Waals surface area contributed by atoms with Gasteiger partial charge in [-0.3, -0.25) is 4.79 Å². The van der Waals surface area contributed by atoms with Crippen molar-refractivity contribution in [2.75, 3.05) is 19.7 Å². The Bertz CT molecular complexity index is 439. The molecule has 1 unspecified atom stereocenters. The van der Waals surface area contributed by atoms with E-state index < -0.39 is 5.82 Å². The Kier molecular flexibility index (Phi) is 3.79. The normalized spacial score (nSPS) is 20.4. The van der Waals surface area contributed by atoms with Gasteiger partial charge in [0.1, 0.15) is 5.82 Å². The lowest BCUT2D eigenvalue weighted by Gasteiger charge is -2.31. The van der Waals surface area contributed by atoms with Gasteiger partial charge in [0.15, 0.2) is 0 Å². The summed E-state index contributed by atoms with van der Waals surface area (Å²) >= 11 is 3.17. The number of hydrogen-bond acceptors (Lipinski definition) is 2. The molecule has 0 aliphatic carbocycles. The third-order valence-electron chi connectivity index (χ3n) is 2.69. The highest BCUT2D eigenvalue weighted by Gasteiger charge is 2.24. The van der Waals surface area contributed by atoms with E-state index in [0.717, 1.165) is 0 Å². The lowest BCUT2D eigenvalue weighted by molar-refractivity contribution is -0.0125. The molecule has 1 aromatic rings. The Hall–Kier alpha value is -0.940. The second-order valence-corrected chi connectivity index (χ2v) is 4.97. The van der Waals surface area contributed by atoms with Crippen molar-refractivity contribution in [1.29, 1.82) is 0 Å². The van der Waals surface area contributed by atoms with E-state index in [0.29, 0.717) is 24.2 Å². The van der Waals surface area contributed by atoms with Crippen LogP contribution >= 0.6 is 15.9 Å². The van der Waals surface area contributed by atoms with Gasteiger partial charge in [-0.1, -0.05) is 15.9 Å². The maximum Gasteiger partial charge on any atom is 0.256 e. The van der Waals surface area contributed by atoms with Crippen LogP contribution in [0.4, 0.5) is 4.39 Å². The molecule has 1 fully saturated rings. The third-order valence-corrected chi connectivity index (χ3v) is 3.18. The number of halogens is 2. The van der Waals surface area contributed by atoms with Crippen LogP contribution in [0.25, 0.3) is 0 Å². The number of carbonyl (C=O) groups excluding carboxylic acids is 1. The third kappa shape index (κ3) is 2.84. The highest BCUT2D eigenvalue weighted by atomic mass is 79.9. The first-order valence-electron chi connectivity index (χ1n) is 5.44. The van der Waals surface area contributed by atoms with E-state index >= 15 is 0 Å². The van der Waals surface area contributed by atoms with Crippen molar-refractivity contribution in [2.24, 2.45) is 0 Å². The van der Waals surface area contributed by atoms with E-state index in [1.165, 1.54) is 12.1 Å². The maximum atomic E-state index is 13.6. The van der Waals surface area contributed by atoms with Crippen molar-refractivity contribution >= 4 is 21.8 Å². The van der Waals surface area contributed by atoms with Gasteiger partial charge in [0.2, 0.25) is 0 Å². The lowest BCUT2D eigenvalue weighted by atomic mass is 10.1. The van der Waals surface area contributed by atoms with Gasteiger partial charge in [-0.2, -0.15) is 0 Å². The van der Waals surface area contributed by atoms with Gasteiger partial charge >= 0.3 is 0 Å². The second kappa shape index (κ2) is 5.14. The van der Waals surface area contributed by atoms with E-state index in [1.807, 2.05) is 6.92 Å². The van der Waals surface area contributed by atoms with Crippen molar-refractivity contribution < 1.29 is 13.9 Å². The maximum absolute atomic E-state index is 13.6. The number of ether oxygens (including phenoxy) is 1. The fourth-order valence-corrected chi connectivity index (χ4v) is 2.17. The molecule has 2 rings (SSSR count). The van der Waals surface area contributed by atoms with Gasteiger partial charge in [-0.05, 0) is 25.1 Å². The zero-order chi connectivity index (χ0) is 12.4. The highest BCUT2D eigenvalue weighted by molar-refractivity contribution is 9.10. The monoisotopic (exact) mass is 301 g/mol. The van der Waals surface area contributed by atoms with Crippen LogP contribution in [-0.2, 0) is 4.74 Å². The summed E-state index contributed by atoms with van der Waals surface area (Å²) in [5.41, 5.74) is 0.113. The van der Waals surface area contributed by atoms with Crippen LogP contribution in [0.5, 0.6) is 0 Å². The van der Waals surface area contributed by atoms with Crippen LogP contribution in [0.1, 0.15) is 17.3 Å². The van der Waals surface area contributed by atoms with Crippen molar-refractivity contribution in [3.05, 3.63) is 34.1 Å². The molecule has 1 atom stereocenters. The van der Waals surface area contributed by atoms with Crippen LogP contribution in [0.3, 0.4) is 0 Å². The summed E-state index contributed by atoms with van der Waals surface area (Å²) in [5, 5.41) is 0. The predicted octanol–water partition coefficient (Wildman–Crippen LogP) is 2.45. The molecule has 1 heterocycles. The highest BCUT2D eigenvalue weighted by Crippen LogP contribution is 2.18. The topological polar surface area (TPSA) is 29.5 Å². The Morgan fingerprint density at radius 3 is 3.00 bits per heavy atom. The molecule has 0 N–H and O–H groups in total. The second-order valence-electron chi connectivity index (χ2n) is 4.06. The van der Waals surface area contributed by atoms with E-state index in [2.05, 4.69) is 15.9 Å². The number of rotatable bonds is 1. The zero-order valence-corrected chi connectivity index (χ0v) is 11.0. The molecule has 0 saturated carbocycles. The van der Waals surface area contributed by atoms with Gasteiger partial charge in [0.25, 0.3) is 5.91 Å². The van der Waals surface area contributed by atoms with Crippen molar-refractivity contribution in [2.45, 2.75) is 13.0 Å². The molecular formula is C12H13BrFNO2. The quantitative estimate of drug-likeness (QED) is 0.797. The molecule has 3 nitrogen and oxygen atoms in total. The molecule has 17 heavy (non-hydrogen) atoms. The summed E-state index contributed by atoms with van der Waals surface area (Å²) in [6.07, 6.45) is 0.00575. The summed E-state index contributed by atoms with van der Waals surface area (Å²) in [6.45, 7) is 3.43. The molecule has 0 spiro atoms. The molecule has 1 saturated heterocycles. The summed E-state index contributed by atoms with van der Waals surface area (Å²) in [7, 11) is 0. The predicted molar refractivity (Wildman–Crippen MR) is 65.4 cm³/mol. The number of carbonyl (C=O) groups is 1. The van der Waals surface area contributed by atoms with E-state index in [1.54, 1.807) is 11.0 Å². The number of hydrogen-bond donors (Lipinski definition) is 0. The zero-order valence-electron chi connectivity index (χ0n) is 9.45. The Morgan fingerprint density at radius 1 is 1.59 bits per heavy atom. The minimum Gasteiger partial charge on any atom is -0.375 e. The number of morpholine rings is 1. The van der Waals surface area contributed by atoms with Gasteiger partial charge in [0, 0.05) is 17.6 Å². The standard InChI is InChI=1S/C12H13BrFNO2/c1-8-7-15(4-5-17-8)12(16)10-3-2-9(13)6-11(10)14/h2-3,6,8H,4-5,7H2,1H3. The first-order valence-corrected chi connectivity index (χ1v) is 6.23. The SMILES string of the molecule is CC1CN(C(=O)c2ccc(Br)cc2F)CCO1. The molecule has 1 aliphatic rings. The number of amides is 1. The van der Waals surface area contributed by atoms with Gasteiger partial charge in [-0.25, -0.2) is 4.39 Å². The summed E-state index contributed by atoms with van der Waals surface area (Å²) in [6, 6.07) is 4.47. The molecule has 0 aromatic heterocycles. The van der Waals surface area contributed by atoms with Crippen LogP contribution in [-0.4, -0.2) is 36.6 Å². The Morgan fingerprint density at radius 2 is 2.35 bits per heavy atom. The molecular weight excluding hydrogens is 289 g/mol. The van der Waals surface area contributed by atoms with Gasteiger partial charge in [0.05, 0.1) is 18.3 Å². The number of benzene rings is 1. The van der Waals surface area contributed by atoms with E-state index in [-0.39, 0.29) is 17.6 Å². The Balaban J connectivity index is 2.18. The average molecular weight is 302 g/mol. The van der Waals surface area contributed by atoms with Crippen LogP contribution in [0.15, 0.2) is 22.7 Å². The molecule has 1 amide bonds.